The number of carbonyl (C=O) groups excluding carboxylic acids is 3. The van der Waals surface area contributed by atoms with Crippen LogP contribution in [0.2, 0.25) is 0 Å². The van der Waals surface area contributed by atoms with Crippen molar-refractivity contribution in [2.75, 3.05) is 0 Å². The Morgan fingerprint density at radius 2 is 1.76 bits per heavy atom. The molecule has 2 aliphatic heterocycles. The lowest BCUT2D eigenvalue weighted by molar-refractivity contribution is -0.136. The fraction of sp³-hybridized carbons (Fsp3) is 0.609. The van der Waals surface area contributed by atoms with Gasteiger partial charge in [-0.2, -0.15) is 0 Å². The number of fused-ring (bicyclic) bond motifs is 1. The Morgan fingerprint density at radius 3 is 2.31 bits per heavy atom. The van der Waals surface area contributed by atoms with E-state index in [0.717, 1.165) is 17.0 Å². The van der Waals surface area contributed by atoms with Crippen LogP contribution in [0.15, 0.2) is 18.2 Å². The van der Waals surface area contributed by atoms with Crippen LogP contribution in [0.5, 0.6) is 0 Å². The number of benzene rings is 1. The highest BCUT2D eigenvalue weighted by Gasteiger charge is 2.38. The van der Waals surface area contributed by atoms with Crippen molar-refractivity contribution in [3.05, 3.63) is 34.9 Å². The third-order valence-corrected chi connectivity index (χ3v) is 5.72. The number of carbonyl (C=O) groups is 3. The average Bonchev–Trinajstić information content (AvgIpc) is 3.06. The predicted molar refractivity (Wildman–Crippen MR) is 114 cm³/mol. The van der Waals surface area contributed by atoms with E-state index in [4.69, 9.17) is 5.73 Å². The SMILES string of the molecule is CC.CC1CCCCC1.NCc1ccc2c(c1)CN(C1CCC(=O)NC1=O)C2=O. The number of amides is 3. The Kier molecular flexibility index (Phi) is 8.83. The van der Waals surface area contributed by atoms with E-state index in [1.165, 1.54) is 37.0 Å². The van der Waals surface area contributed by atoms with E-state index in [9.17, 15) is 14.4 Å². The molecule has 0 bridgehead atoms. The van der Waals surface area contributed by atoms with Crippen molar-refractivity contribution < 1.29 is 14.4 Å². The van der Waals surface area contributed by atoms with E-state index < -0.39 is 6.04 Å². The molecule has 1 aliphatic carbocycles. The summed E-state index contributed by atoms with van der Waals surface area (Å²) in [6, 6.07) is 4.92. The second kappa shape index (κ2) is 11.1. The summed E-state index contributed by atoms with van der Waals surface area (Å²) >= 11 is 0. The Morgan fingerprint density at radius 1 is 1.07 bits per heavy atom. The molecule has 1 unspecified atom stereocenters. The first-order valence-electron chi connectivity index (χ1n) is 11.0. The lowest BCUT2D eigenvalue weighted by Gasteiger charge is -2.29. The van der Waals surface area contributed by atoms with Crippen LogP contribution in [-0.2, 0) is 22.7 Å². The third kappa shape index (κ3) is 5.89. The molecule has 3 N–H and O–H groups in total. The minimum Gasteiger partial charge on any atom is -0.326 e. The quantitative estimate of drug-likeness (QED) is 0.742. The van der Waals surface area contributed by atoms with Gasteiger partial charge < -0.3 is 10.6 Å². The van der Waals surface area contributed by atoms with Gasteiger partial charge in [-0.3, -0.25) is 19.7 Å². The van der Waals surface area contributed by atoms with Crippen molar-refractivity contribution in [3.63, 3.8) is 0 Å². The fourth-order valence-corrected chi connectivity index (χ4v) is 4.06. The second-order valence-corrected chi connectivity index (χ2v) is 7.84. The van der Waals surface area contributed by atoms with Crippen molar-refractivity contribution in [3.8, 4) is 0 Å². The van der Waals surface area contributed by atoms with E-state index in [-0.39, 0.29) is 24.1 Å². The van der Waals surface area contributed by atoms with E-state index in [1.54, 1.807) is 6.07 Å². The number of rotatable bonds is 2. The lowest BCUT2D eigenvalue weighted by atomic mass is 9.91. The van der Waals surface area contributed by atoms with Crippen LogP contribution in [0.1, 0.15) is 87.2 Å². The van der Waals surface area contributed by atoms with Gasteiger partial charge in [-0.1, -0.05) is 65.0 Å². The van der Waals surface area contributed by atoms with Gasteiger partial charge in [0, 0.05) is 25.1 Å². The molecule has 3 aliphatic rings. The highest BCUT2D eigenvalue weighted by atomic mass is 16.2. The van der Waals surface area contributed by atoms with E-state index in [1.807, 2.05) is 26.0 Å². The summed E-state index contributed by atoms with van der Waals surface area (Å²) in [7, 11) is 0. The van der Waals surface area contributed by atoms with Gasteiger partial charge in [0.05, 0.1) is 0 Å². The normalized spacial score (nSPS) is 21.4. The molecule has 6 heteroatoms. The Balaban J connectivity index is 0.000000280. The van der Waals surface area contributed by atoms with Crippen LogP contribution in [0.4, 0.5) is 0 Å². The molecular weight excluding hydrogens is 366 g/mol. The third-order valence-electron chi connectivity index (χ3n) is 5.72. The molecule has 0 radical (unpaired) electrons. The Hall–Kier alpha value is -2.21. The van der Waals surface area contributed by atoms with Crippen LogP contribution in [0.25, 0.3) is 0 Å². The smallest absolute Gasteiger partial charge is 0.255 e. The molecule has 1 aromatic rings. The van der Waals surface area contributed by atoms with Crippen LogP contribution < -0.4 is 11.1 Å². The van der Waals surface area contributed by atoms with Gasteiger partial charge >= 0.3 is 0 Å². The number of imide groups is 1. The van der Waals surface area contributed by atoms with Crippen molar-refractivity contribution in [2.45, 2.75) is 84.8 Å². The molecular formula is C23H35N3O3. The molecule has 0 spiro atoms. The highest BCUT2D eigenvalue weighted by molar-refractivity contribution is 6.05. The number of piperidine rings is 1. The van der Waals surface area contributed by atoms with Crippen LogP contribution >= 0.6 is 0 Å². The number of nitrogens with one attached hydrogen (secondary N) is 1. The zero-order chi connectivity index (χ0) is 21.4. The molecule has 1 saturated carbocycles. The molecule has 29 heavy (non-hydrogen) atoms. The maximum absolute atomic E-state index is 12.4. The Labute approximate surface area is 174 Å². The van der Waals surface area contributed by atoms with Gasteiger partial charge in [0.2, 0.25) is 11.8 Å². The van der Waals surface area contributed by atoms with E-state index in [0.29, 0.717) is 25.1 Å². The molecule has 1 atom stereocenters. The summed E-state index contributed by atoms with van der Waals surface area (Å²) in [5, 5.41) is 2.28. The molecule has 1 aromatic carbocycles. The zero-order valence-electron chi connectivity index (χ0n) is 18.0. The Bertz CT molecular complexity index is 726. The minimum atomic E-state index is -0.561. The monoisotopic (exact) mass is 401 g/mol. The molecule has 2 fully saturated rings. The zero-order valence-corrected chi connectivity index (χ0v) is 18.0. The second-order valence-electron chi connectivity index (χ2n) is 7.84. The van der Waals surface area contributed by atoms with Gasteiger partial charge in [0.15, 0.2) is 0 Å². The average molecular weight is 402 g/mol. The largest absolute Gasteiger partial charge is 0.326 e. The maximum atomic E-state index is 12.4. The van der Waals surface area contributed by atoms with Crippen LogP contribution in [-0.4, -0.2) is 28.7 Å². The standard InChI is InChI=1S/C14H15N3O3.C7H14.C2H6/c15-6-8-1-2-10-9(5-8)7-17(14(10)20)11-3-4-12(18)16-13(11)19;1-7-5-3-2-4-6-7;1-2/h1-2,5,11H,3-4,6-7,15H2,(H,16,18,19);7H,2-6H2,1H3;1-2H3. The van der Waals surface area contributed by atoms with Gasteiger partial charge in [-0.25, -0.2) is 0 Å². The van der Waals surface area contributed by atoms with Gasteiger partial charge in [0.1, 0.15) is 6.04 Å². The number of hydrogen-bond donors (Lipinski definition) is 2. The summed E-state index contributed by atoms with van der Waals surface area (Å²) in [5.41, 5.74) is 8.06. The summed E-state index contributed by atoms with van der Waals surface area (Å²) < 4.78 is 0. The molecule has 2 heterocycles. The van der Waals surface area contributed by atoms with E-state index in [2.05, 4.69) is 12.2 Å². The van der Waals surface area contributed by atoms with Gasteiger partial charge in [-0.05, 0) is 29.5 Å². The predicted octanol–water partition coefficient (Wildman–Crippen LogP) is 3.52. The summed E-state index contributed by atoms with van der Waals surface area (Å²) in [6.45, 7) is 7.17. The van der Waals surface area contributed by atoms with Gasteiger partial charge in [-0.15, -0.1) is 0 Å². The highest BCUT2D eigenvalue weighted by Crippen LogP contribution is 2.28. The topological polar surface area (TPSA) is 92.5 Å². The lowest BCUT2D eigenvalue weighted by Crippen LogP contribution is -2.52. The first-order chi connectivity index (χ1) is 14.0. The molecule has 6 nitrogen and oxygen atoms in total. The van der Waals surface area contributed by atoms with Crippen LogP contribution in [0, 0.1) is 5.92 Å². The molecule has 1 saturated heterocycles. The molecule has 4 rings (SSSR count). The van der Waals surface area contributed by atoms with Crippen molar-refractivity contribution in [2.24, 2.45) is 11.7 Å². The summed E-state index contributed by atoms with van der Waals surface area (Å²) in [5.74, 6) is 0.217. The minimum absolute atomic E-state index is 0.155. The number of nitrogens with two attached hydrogens (primary N) is 1. The first kappa shape index (κ1) is 23.1. The molecule has 0 aromatic heterocycles. The number of nitrogens with zero attached hydrogens (tertiary/aromatic N) is 1. The van der Waals surface area contributed by atoms with Crippen molar-refractivity contribution in [1.82, 2.24) is 10.2 Å². The summed E-state index contributed by atoms with van der Waals surface area (Å²) in [4.78, 5) is 36.9. The van der Waals surface area contributed by atoms with Crippen LogP contribution in [0.3, 0.4) is 0 Å². The van der Waals surface area contributed by atoms with Gasteiger partial charge in [0.25, 0.3) is 5.91 Å². The van der Waals surface area contributed by atoms with Crippen molar-refractivity contribution in [1.29, 1.82) is 0 Å². The first-order valence-corrected chi connectivity index (χ1v) is 11.0. The van der Waals surface area contributed by atoms with Crippen molar-refractivity contribution >= 4 is 17.7 Å². The fourth-order valence-electron chi connectivity index (χ4n) is 4.06. The molecule has 3 amide bonds. The number of hydrogen-bond acceptors (Lipinski definition) is 4. The summed E-state index contributed by atoms with van der Waals surface area (Å²) in [6.07, 6.45) is 8.09. The maximum Gasteiger partial charge on any atom is 0.255 e. The van der Waals surface area contributed by atoms with E-state index >= 15 is 0 Å². The molecule has 160 valence electrons.